The average molecular weight is 238 g/mol. The van der Waals surface area contributed by atoms with Gasteiger partial charge in [-0.3, -0.25) is 0 Å². The third kappa shape index (κ3) is 2.67. The highest BCUT2D eigenvalue weighted by Gasteiger charge is 2.36. The van der Waals surface area contributed by atoms with Gasteiger partial charge >= 0.3 is 0 Å². The number of nitrogens with zero attached hydrogens (tertiary/aromatic N) is 1. The summed E-state index contributed by atoms with van der Waals surface area (Å²) in [6.45, 7) is 1.91. The van der Waals surface area contributed by atoms with Gasteiger partial charge in [0.05, 0.1) is 0 Å². The predicted molar refractivity (Wildman–Crippen MR) is 69.2 cm³/mol. The van der Waals surface area contributed by atoms with E-state index in [-0.39, 0.29) is 0 Å². The minimum Gasteiger partial charge on any atom is -0.381 e. The highest BCUT2D eigenvalue weighted by atomic mass is 16.5. The van der Waals surface area contributed by atoms with Crippen molar-refractivity contribution in [3.8, 4) is 0 Å². The number of piperidine rings is 2. The topological polar surface area (TPSA) is 24.5 Å². The van der Waals surface area contributed by atoms with Crippen molar-refractivity contribution in [3.63, 3.8) is 0 Å². The molecule has 98 valence electrons. The number of rotatable bonds is 2. The molecule has 0 spiro atoms. The minimum absolute atomic E-state index is 0.720. The van der Waals surface area contributed by atoms with Crippen molar-refractivity contribution in [2.45, 2.75) is 69.1 Å². The molecule has 1 N–H and O–H groups in total. The second-order valence-electron chi connectivity index (χ2n) is 6.13. The third-order valence-electron chi connectivity index (χ3n) is 5.03. The Morgan fingerprint density at radius 3 is 2.24 bits per heavy atom. The Balaban J connectivity index is 1.54. The van der Waals surface area contributed by atoms with E-state index in [4.69, 9.17) is 4.74 Å². The van der Waals surface area contributed by atoms with E-state index < -0.39 is 0 Å². The van der Waals surface area contributed by atoms with Crippen LogP contribution in [0, 0.1) is 0 Å². The molecule has 3 heteroatoms. The van der Waals surface area contributed by atoms with Crippen LogP contribution in [-0.4, -0.2) is 49.3 Å². The van der Waals surface area contributed by atoms with Crippen LogP contribution < -0.4 is 5.32 Å². The molecule has 3 saturated heterocycles. The van der Waals surface area contributed by atoms with Crippen molar-refractivity contribution in [2.75, 3.05) is 20.3 Å². The molecule has 3 heterocycles. The maximum absolute atomic E-state index is 5.43. The Kier molecular flexibility index (Phi) is 3.69. The SMILES string of the molecule is CN1C2CCCC1CC(NC1CCOCC1)C2. The molecule has 3 rings (SSSR count). The average Bonchev–Trinajstić information content (AvgIpc) is 2.32. The molecule has 3 fully saturated rings. The molecule has 2 unspecified atom stereocenters. The fourth-order valence-corrected chi connectivity index (χ4v) is 3.95. The zero-order valence-corrected chi connectivity index (χ0v) is 11.0. The summed E-state index contributed by atoms with van der Waals surface area (Å²) in [6.07, 6.45) is 9.43. The lowest BCUT2D eigenvalue weighted by Crippen LogP contribution is -2.56. The van der Waals surface area contributed by atoms with E-state index in [9.17, 15) is 0 Å². The molecule has 0 aliphatic carbocycles. The van der Waals surface area contributed by atoms with E-state index in [1.807, 2.05) is 0 Å². The molecule has 17 heavy (non-hydrogen) atoms. The van der Waals surface area contributed by atoms with Crippen LogP contribution in [-0.2, 0) is 4.74 Å². The van der Waals surface area contributed by atoms with E-state index in [2.05, 4.69) is 17.3 Å². The molecule has 3 nitrogen and oxygen atoms in total. The standard InChI is InChI=1S/C14H26N2O/c1-16-13-3-2-4-14(16)10-12(9-13)15-11-5-7-17-8-6-11/h11-15H,2-10H2,1H3. The zero-order chi connectivity index (χ0) is 11.7. The van der Waals surface area contributed by atoms with Crippen molar-refractivity contribution in [2.24, 2.45) is 0 Å². The Labute approximate surface area is 105 Å². The van der Waals surface area contributed by atoms with Gasteiger partial charge in [0.2, 0.25) is 0 Å². The van der Waals surface area contributed by atoms with Crippen molar-refractivity contribution in [3.05, 3.63) is 0 Å². The van der Waals surface area contributed by atoms with Gasteiger partial charge in [0.15, 0.2) is 0 Å². The first-order valence-corrected chi connectivity index (χ1v) is 7.38. The number of hydrogen-bond donors (Lipinski definition) is 1. The van der Waals surface area contributed by atoms with Crippen LogP contribution in [0.15, 0.2) is 0 Å². The van der Waals surface area contributed by atoms with Gasteiger partial charge in [-0.15, -0.1) is 0 Å². The van der Waals surface area contributed by atoms with Gasteiger partial charge in [0.25, 0.3) is 0 Å². The lowest BCUT2D eigenvalue weighted by atomic mass is 9.82. The van der Waals surface area contributed by atoms with E-state index in [1.165, 1.54) is 44.9 Å². The summed E-state index contributed by atoms with van der Waals surface area (Å²) >= 11 is 0. The molecule has 2 bridgehead atoms. The molecule has 0 radical (unpaired) electrons. The summed E-state index contributed by atoms with van der Waals surface area (Å²) in [5.74, 6) is 0. The fraction of sp³-hybridized carbons (Fsp3) is 1.00. The molecule has 2 atom stereocenters. The van der Waals surface area contributed by atoms with E-state index in [0.717, 1.165) is 37.4 Å². The van der Waals surface area contributed by atoms with E-state index in [1.54, 1.807) is 0 Å². The number of hydrogen-bond acceptors (Lipinski definition) is 3. The van der Waals surface area contributed by atoms with Gasteiger partial charge in [-0.1, -0.05) is 6.42 Å². The summed E-state index contributed by atoms with van der Waals surface area (Å²) in [7, 11) is 2.33. The molecule has 3 aliphatic rings. The van der Waals surface area contributed by atoms with Crippen LogP contribution in [0.3, 0.4) is 0 Å². The second kappa shape index (κ2) is 5.25. The van der Waals surface area contributed by atoms with Crippen molar-refractivity contribution in [1.29, 1.82) is 0 Å². The van der Waals surface area contributed by atoms with Gasteiger partial charge in [-0.25, -0.2) is 0 Å². The van der Waals surface area contributed by atoms with Crippen molar-refractivity contribution in [1.82, 2.24) is 10.2 Å². The van der Waals surface area contributed by atoms with Crippen LogP contribution in [0.2, 0.25) is 0 Å². The number of fused-ring (bicyclic) bond motifs is 2. The zero-order valence-electron chi connectivity index (χ0n) is 11.0. The largest absolute Gasteiger partial charge is 0.381 e. The van der Waals surface area contributed by atoms with Crippen molar-refractivity contribution >= 4 is 0 Å². The smallest absolute Gasteiger partial charge is 0.0480 e. The van der Waals surface area contributed by atoms with Crippen LogP contribution in [0.1, 0.15) is 44.9 Å². The first-order valence-electron chi connectivity index (χ1n) is 7.38. The van der Waals surface area contributed by atoms with Crippen LogP contribution in [0.25, 0.3) is 0 Å². The Morgan fingerprint density at radius 2 is 1.59 bits per heavy atom. The van der Waals surface area contributed by atoms with E-state index >= 15 is 0 Å². The van der Waals surface area contributed by atoms with Crippen molar-refractivity contribution < 1.29 is 4.74 Å². The third-order valence-corrected chi connectivity index (χ3v) is 5.03. The van der Waals surface area contributed by atoms with Crippen LogP contribution in [0.5, 0.6) is 0 Å². The lowest BCUT2D eigenvalue weighted by Gasteiger charge is -2.48. The Morgan fingerprint density at radius 1 is 0.941 bits per heavy atom. The van der Waals surface area contributed by atoms with Gasteiger partial charge in [0, 0.05) is 37.4 Å². The van der Waals surface area contributed by atoms with Gasteiger partial charge in [-0.05, 0) is 45.6 Å². The molecule has 0 aromatic heterocycles. The fourth-order valence-electron chi connectivity index (χ4n) is 3.95. The van der Waals surface area contributed by atoms with E-state index in [0.29, 0.717) is 0 Å². The van der Waals surface area contributed by atoms with Gasteiger partial charge in [0.1, 0.15) is 0 Å². The molecule has 0 aromatic carbocycles. The Hall–Kier alpha value is -0.120. The number of ether oxygens (including phenoxy) is 1. The first kappa shape index (κ1) is 11.9. The van der Waals surface area contributed by atoms with Crippen LogP contribution in [0.4, 0.5) is 0 Å². The highest BCUT2D eigenvalue weighted by molar-refractivity contribution is 4.94. The molecule has 0 aromatic rings. The molecule has 0 saturated carbocycles. The lowest BCUT2D eigenvalue weighted by molar-refractivity contribution is 0.0334. The highest BCUT2D eigenvalue weighted by Crippen LogP contribution is 2.33. The summed E-state index contributed by atoms with van der Waals surface area (Å²) < 4.78 is 5.43. The molecule has 0 amide bonds. The van der Waals surface area contributed by atoms with Gasteiger partial charge in [-0.2, -0.15) is 0 Å². The normalized spacial score (nSPS) is 40.4. The predicted octanol–water partition coefficient (Wildman–Crippen LogP) is 1.77. The minimum atomic E-state index is 0.720. The summed E-state index contributed by atoms with van der Waals surface area (Å²) in [5.41, 5.74) is 0. The van der Waals surface area contributed by atoms with Gasteiger partial charge < -0.3 is 15.0 Å². The second-order valence-corrected chi connectivity index (χ2v) is 6.13. The molecular formula is C14H26N2O. The summed E-state index contributed by atoms with van der Waals surface area (Å²) in [5, 5.41) is 3.90. The molecule has 3 aliphatic heterocycles. The number of nitrogens with one attached hydrogen (secondary N) is 1. The summed E-state index contributed by atoms with van der Waals surface area (Å²) in [6, 6.07) is 3.18. The molecular weight excluding hydrogens is 212 g/mol. The van der Waals surface area contributed by atoms with Crippen LogP contribution >= 0.6 is 0 Å². The Bertz CT molecular complexity index is 239. The first-order chi connectivity index (χ1) is 8.33. The maximum atomic E-state index is 5.43. The maximum Gasteiger partial charge on any atom is 0.0480 e. The monoisotopic (exact) mass is 238 g/mol. The quantitative estimate of drug-likeness (QED) is 0.793. The summed E-state index contributed by atoms with van der Waals surface area (Å²) in [4.78, 5) is 2.64.